The molecule has 0 bridgehead atoms. The molecule has 6 heteroatoms. The zero-order valence-corrected chi connectivity index (χ0v) is 13.5. The Morgan fingerprint density at radius 3 is 2.90 bits per heavy atom. The minimum atomic E-state index is 0.558. The number of thiazole rings is 1. The summed E-state index contributed by atoms with van der Waals surface area (Å²) in [6.45, 7) is 2.80. The first-order valence-corrected chi connectivity index (χ1v) is 8.12. The third-order valence-corrected chi connectivity index (χ3v) is 4.61. The summed E-state index contributed by atoms with van der Waals surface area (Å²) in [6, 6.07) is 5.94. The van der Waals surface area contributed by atoms with Gasteiger partial charge in [-0.2, -0.15) is 0 Å². The molecule has 0 atom stereocenters. The lowest BCUT2D eigenvalue weighted by atomic mass is 10.3. The standard InChI is InChI=1S/C15H16ClN3OS/c1-10-14(21-9-17-10)8-19-13-7-11(20-2)3-4-12(13)18-15(19)5-6-16/h3-4,7,9H,5-6,8H2,1-2H3. The number of methoxy groups -OCH3 is 1. The molecule has 4 nitrogen and oxygen atoms in total. The Balaban J connectivity index is 2.12. The lowest BCUT2D eigenvalue weighted by Crippen LogP contribution is -2.06. The molecule has 0 spiro atoms. The highest BCUT2D eigenvalue weighted by Gasteiger charge is 2.13. The lowest BCUT2D eigenvalue weighted by molar-refractivity contribution is 0.415. The van der Waals surface area contributed by atoms with Crippen LogP contribution in [0.15, 0.2) is 23.7 Å². The number of aryl methyl sites for hydroxylation is 2. The largest absolute Gasteiger partial charge is 0.497 e. The second-order valence-electron chi connectivity index (χ2n) is 4.77. The summed E-state index contributed by atoms with van der Waals surface area (Å²) in [4.78, 5) is 10.3. The van der Waals surface area contributed by atoms with Gasteiger partial charge < -0.3 is 9.30 Å². The second kappa shape index (κ2) is 6.03. The van der Waals surface area contributed by atoms with Gasteiger partial charge in [-0.3, -0.25) is 0 Å². The monoisotopic (exact) mass is 321 g/mol. The summed E-state index contributed by atoms with van der Waals surface area (Å²) in [7, 11) is 1.68. The van der Waals surface area contributed by atoms with Crippen molar-refractivity contribution in [3.8, 4) is 5.75 Å². The van der Waals surface area contributed by atoms with E-state index in [-0.39, 0.29) is 0 Å². The maximum absolute atomic E-state index is 5.92. The highest BCUT2D eigenvalue weighted by molar-refractivity contribution is 7.09. The number of rotatable bonds is 5. The third kappa shape index (κ3) is 2.76. The number of imidazole rings is 1. The van der Waals surface area contributed by atoms with Crippen LogP contribution in [0, 0.1) is 6.92 Å². The minimum Gasteiger partial charge on any atom is -0.497 e. The van der Waals surface area contributed by atoms with Gasteiger partial charge in [0.15, 0.2) is 0 Å². The van der Waals surface area contributed by atoms with Gasteiger partial charge in [-0.1, -0.05) is 0 Å². The fraction of sp³-hybridized carbons (Fsp3) is 0.333. The van der Waals surface area contributed by atoms with Crippen molar-refractivity contribution in [3.05, 3.63) is 40.1 Å². The van der Waals surface area contributed by atoms with Crippen molar-refractivity contribution in [2.75, 3.05) is 13.0 Å². The van der Waals surface area contributed by atoms with Crippen LogP contribution in [0.2, 0.25) is 0 Å². The molecule has 3 aromatic rings. The van der Waals surface area contributed by atoms with Crippen LogP contribution in [-0.4, -0.2) is 27.5 Å². The Morgan fingerprint density at radius 1 is 1.38 bits per heavy atom. The lowest BCUT2D eigenvalue weighted by Gasteiger charge is -2.08. The number of aromatic nitrogens is 3. The van der Waals surface area contributed by atoms with E-state index in [1.807, 2.05) is 30.6 Å². The first-order valence-electron chi connectivity index (χ1n) is 6.71. The molecular weight excluding hydrogens is 306 g/mol. The van der Waals surface area contributed by atoms with E-state index < -0.39 is 0 Å². The molecule has 2 aromatic heterocycles. The van der Waals surface area contributed by atoms with Crippen molar-refractivity contribution >= 4 is 34.0 Å². The summed E-state index contributed by atoms with van der Waals surface area (Å²) in [6.07, 6.45) is 0.746. The maximum Gasteiger partial charge on any atom is 0.121 e. The maximum atomic E-state index is 5.92. The number of hydrogen-bond acceptors (Lipinski definition) is 4. The van der Waals surface area contributed by atoms with Crippen LogP contribution in [0.5, 0.6) is 5.75 Å². The molecule has 2 heterocycles. The molecule has 0 N–H and O–H groups in total. The van der Waals surface area contributed by atoms with Crippen molar-refractivity contribution in [2.45, 2.75) is 19.9 Å². The molecule has 0 unspecified atom stereocenters. The summed E-state index contributed by atoms with van der Waals surface area (Å²) >= 11 is 7.59. The van der Waals surface area contributed by atoms with Gasteiger partial charge in [-0.05, 0) is 19.1 Å². The van der Waals surface area contributed by atoms with E-state index in [1.165, 1.54) is 4.88 Å². The van der Waals surface area contributed by atoms with Crippen LogP contribution in [-0.2, 0) is 13.0 Å². The number of fused-ring (bicyclic) bond motifs is 1. The number of hydrogen-bond donors (Lipinski definition) is 0. The number of alkyl halides is 1. The molecule has 0 fully saturated rings. The van der Waals surface area contributed by atoms with E-state index in [9.17, 15) is 0 Å². The molecule has 1 aromatic carbocycles. The molecule has 0 aliphatic carbocycles. The van der Waals surface area contributed by atoms with Gasteiger partial charge in [0, 0.05) is 23.2 Å². The second-order valence-corrected chi connectivity index (χ2v) is 6.09. The first kappa shape index (κ1) is 14.4. The Morgan fingerprint density at radius 2 is 2.24 bits per heavy atom. The van der Waals surface area contributed by atoms with Crippen molar-refractivity contribution in [1.82, 2.24) is 14.5 Å². The molecule has 110 valence electrons. The SMILES string of the molecule is COc1ccc2nc(CCCl)n(Cc3scnc3C)c2c1. The topological polar surface area (TPSA) is 39.9 Å². The van der Waals surface area contributed by atoms with Gasteiger partial charge >= 0.3 is 0 Å². The first-order chi connectivity index (χ1) is 10.2. The van der Waals surface area contributed by atoms with Crippen molar-refractivity contribution in [2.24, 2.45) is 0 Å². The average Bonchev–Trinajstić information content (AvgIpc) is 3.04. The van der Waals surface area contributed by atoms with E-state index >= 15 is 0 Å². The average molecular weight is 322 g/mol. The van der Waals surface area contributed by atoms with E-state index in [2.05, 4.69) is 9.55 Å². The molecule has 0 saturated carbocycles. The Hall–Kier alpha value is -1.59. The summed E-state index contributed by atoms with van der Waals surface area (Å²) in [5.41, 5.74) is 4.99. The number of ether oxygens (including phenoxy) is 1. The predicted molar refractivity (Wildman–Crippen MR) is 86.7 cm³/mol. The van der Waals surface area contributed by atoms with Crippen LogP contribution < -0.4 is 4.74 Å². The number of halogens is 1. The van der Waals surface area contributed by atoms with Crippen LogP contribution in [0.1, 0.15) is 16.4 Å². The molecular formula is C15H16ClN3OS. The molecule has 3 rings (SSSR count). The summed E-state index contributed by atoms with van der Waals surface area (Å²) in [5, 5.41) is 0. The molecule has 0 amide bonds. The number of benzene rings is 1. The van der Waals surface area contributed by atoms with Crippen molar-refractivity contribution < 1.29 is 4.74 Å². The molecule has 0 radical (unpaired) electrons. The third-order valence-electron chi connectivity index (χ3n) is 3.50. The zero-order valence-electron chi connectivity index (χ0n) is 12.0. The van der Waals surface area contributed by atoms with E-state index in [0.29, 0.717) is 5.88 Å². The molecule has 0 aliphatic heterocycles. The Labute approximate surface area is 132 Å². The Bertz CT molecular complexity index is 765. The van der Waals surface area contributed by atoms with E-state index in [1.54, 1.807) is 18.4 Å². The van der Waals surface area contributed by atoms with Gasteiger partial charge in [0.2, 0.25) is 0 Å². The van der Waals surface area contributed by atoms with E-state index in [0.717, 1.165) is 41.3 Å². The van der Waals surface area contributed by atoms with Gasteiger partial charge in [0.05, 0.1) is 35.9 Å². The quantitative estimate of drug-likeness (QED) is 0.674. The highest BCUT2D eigenvalue weighted by Crippen LogP contribution is 2.25. The number of nitrogens with zero attached hydrogens (tertiary/aromatic N) is 3. The molecule has 21 heavy (non-hydrogen) atoms. The fourth-order valence-electron chi connectivity index (χ4n) is 2.35. The van der Waals surface area contributed by atoms with Crippen LogP contribution in [0.3, 0.4) is 0 Å². The molecule has 0 saturated heterocycles. The summed E-state index contributed by atoms with van der Waals surface area (Å²) < 4.78 is 7.54. The van der Waals surface area contributed by atoms with Crippen LogP contribution in [0.25, 0.3) is 11.0 Å². The van der Waals surface area contributed by atoms with Crippen LogP contribution in [0.4, 0.5) is 0 Å². The van der Waals surface area contributed by atoms with Gasteiger partial charge in [-0.15, -0.1) is 22.9 Å². The van der Waals surface area contributed by atoms with Crippen LogP contribution >= 0.6 is 22.9 Å². The Kier molecular flexibility index (Phi) is 4.12. The van der Waals surface area contributed by atoms with Gasteiger partial charge in [-0.25, -0.2) is 9.97 Å². The highest BCUT2D eigenvalue weighted by atomic mass is 35.5. The smallest absolute Gasteiger partial charge is 0.121 e. The normalized spacial score (nSPS) is 11.2. The predicted octanol–water partition coefficient (Wildman–Crippen LogP) is 3.64. The van der Waals surface area contributed by atoms with Gasteiger partial charge in [0.1, 0.15) is 11.6 Å². The summed E-state index contributed by atoms with van der Waals surface area (Å²) in [5.74, 6) is 2.39. The van der Waals surface area contributed by atoms with Crippen molar-refractivity contribution in [1.29, 1.82) is 0 Å². The van der Waals surface area contributed by atoms with E-state index in [4.69, 9.17) is 21.3 Å². The zero-order chi connectivity index (χ0) is 14.8. The van der Waals surface area contributed by atoms with Crippen molar-refractivity contribution in [3.63, 3.8) is 0 Å². The molecule has 0 aliphatic rings. The van der Waals surface area contributed by atoms with Gasteiger partial charge in [0.25, 0.3) is 0 Å². The fourth-order valence-corrected chi connectivity index (χ4v) is 3.29. The minimum absolute atomic E-state index is 0.558.